The van der Waals surface area contributed by atoms with Gasteiger partial charge >= 0.3 is 0 Å². The molecule has 1 aliphatic carbocycles. The fourth-order valence-electron chi connectivity index (χ4n) is 2.28. The van der Waals surface area contributed by atoms with E-state index in [4.69, 9.17) is 24.8 Å². The van der Waals surface area contributed by atoms with E-state index >= 15 is 0 Å². The summed E-state index contributed by atoms with van der Waals surface area (Å²) in [5.74, 6) is 0.586. The number of hydrogen-bond donors (Lipinski definition) is 3. The number of rotatable bonds is 2. The van der Waals surface area contributed by atoms with Gasteiger partial charge < -0.3 is 24.8 Å². The van der Waals surface area contributed by atoms with Crippen molar-refractivity contribution >= 4 is 5.78 Å². The highest BCUT2D eigenvalue weighted by atomic mass is 16.7. The van der Waals surface area contributed by atoms with E-state index in [1.54, 1.807) is 6.92 Å². The van der Waals surface area contributed by atoms with Crippen LogP contribution in [0.1, 0.15) is 68.1 Å². The first-order valence-electron chi connectivity index (χ1n) is 8.74. The van der Waals surface area contributed by atoms with Crippen LogP contribution in [0, 0.1) is 5.92 Å². The molecule has 2 rings (SSSR count). The van der Waals surface area contributed by atoms with Gasteiger partial charge in [-0.1, -0.05) is 13.8 Å². The summed E-state index contributed by atoms with van der Waals surface area (Å²) in [6, 6.07) is 0. The van der Waals surface area contributed by atoms with Crippen molar-refractivity contribution in [2.45, 2.75) is 78.6 Å². The molecule has 0 radical (unpaired) electrons. The highest BCUT2D eigenvalue weighted by Crippen LogP contribution is 2.23. The molecule has 3 N–H and O–H groups in total. The normalized spacial score (nSPS) is 23.3. The van der Waals surface area contributed by atoms with E-state index < -0.39 is 0 Å². The molecule has 0 aromatic carbocycles. The van der Waals surface area contributed by atoms with Crippen LogP contribution in [0.5, 0.6) is 0 Å². The lowest BCUT2D eigenvalue weighted by Crippen LogP contribution is -2.21. The van der Waals surface area contributed by atoms with Crippen LogP contribution in [0.25, 0.3) is 0 Å². The molecule has 2 fully saturated rings. The standard InChI is InChI=1S/C7H14O2.C7H12O.C2H6O.2CH4O.H2/c1-4-6-5-8-7(2,3)9-6;1-2-6-4-3-5-7(6)8;1-2-3;2*1-2;/h6H,4-5H2,1-3H3;6H,2-5H2,1H3;3H,2H2,1H3;2*2H,1H3;1H/t;6-;;;;/m.0..../s1. The highest BCUT2D eigenvalue weighted by Gasteiger charge is 2.31. The van der Waals surface area contributed by atoms with Gasteiger partial charge in [0, 0.05) is 34.6 Å². The Morgan fingerprint density at radius 2 is 1.62 bits per heavy atom. The molecule has 2 atom stereocenters. The predicted octanol–water partition coefficient (Wildman–Crippen LogP) is 2.78. The number of aliphatic hydroxyl groups excluding tert-OH is 3. The molecule has 1 saturated heterocycles. The van der Waals surface area contributed by atoms with Crippen LogP contribution in [0.15, 0.2) is 0 Å². The van der Waals surface area contributed by atoms with E-state index in [0.717, 1.165) is 52.9 Å². The minimum Gasteiger partial charge on any atom is -0.400 e. The van der Waals surface area contributed by atoms with Crippen LogP contribution in [-0.4, -0.2) is 60.4 Å². The number of carbonyl (C=O) groups excluding carboxylic acids is 1. The number of ketones is 1. The number of carbonyl (C=O) groups is 1. The smallest absolute Gasteiger partial charge is 0.163 e. The van der Waals surface area contributed by atoms with E-state index in [9.17, 15) is 4.79 Å². The average Bonchev–Trinajstić information content (AvgIpc) is 3.17. The zero-order valence-electron chi connectivity index (χ0n) is 16.7. The van der Waals surface area contributed by atoms with Gasteiger partial charge in [-0.25, -0.2) is 0 Å². The molecule has 0 amide bonds. The van der Waals surface area contributed by atoms with Crippen LogP contribution in [0.3, 0.4) is 0 Å². The lowest BCUT2D eigenvalue weighted by atomic mass is 10.1. The van der Waals surface area contributed by atoms with Gasteiger partial charge in [-0.15, -0.1) is 0 Å². The minimum atomic E-state index is -0.333. The fraction of sp³-hybridized carbons (Fsp3) is 0.944. The van der Waals surface area contributed by atoms with Crippen molar-refractivity contribution in [1.29, 1.82) is 0 Å². The summed E-state index contributed by atoms with van der Waals surface area (Å²) in [7, 11) is 2.00. The molecule has 0 aromatic rings. The Hall–Kier alpha value is -0.530. The largest absolute Gasteiger partial charge is 0.400 e. The summed E-state index contributed by atoms with van der Waals surface area (Å²) in [6.45, 7) is 10.8. The zero-order chi connectivity index (χ0) is 19.6. The molecular formula is C18H42O6. The summed E-state index contributed by atoms with van der Waals surface area (Å²) in [5, 5.41) is 21.6. The monoisotopic (exact) mass is 354 g/mol. The number of ether oxygens (including phenoxy) is 2. The molecule has 2 aliphatic rings. The second kappa shape index (κ2) is 18.8. The van der Waals surface area contributed by atoms with Crippen molar-refractivity contribution < 1.29 is 31.0 Å². The van der Waals surface area contributed by atoms with Crippen LogP contribution in [-0.2, 0) is 14.3 Å². The maximum atomic E-state index is 10.8. The summed E-state index contributed by atoms with van der Waals surface area (Å²) >= 11 is 0. The Bertz CT molecular complexity index is 274. The first kappa shape index (κ1) is 28.3. The van der Waals surface area contributed by atoms with E-state index in [1.807, 2.05) is 13.8 Å². The second-order valence-corrected chi connectivity index (χ2v) is 5.64. The van der Waals surface area contributed by atoms with Gasteiger partial charge in [0.15, 0.2) is 5.79 Å². The van der Waals surface area contributed by atoms with Crippen LogP contribution in [0.2, 0.25) is 0 Å². The number of Topliss-reactive ketones (excluding diaryl/α,β-unsaturated/α-hetero) is 1. The average molecular weight is 355 g/mol. The molecular weight excluding hydrogens is 312 g/mol. The van der Waals surface area contributed by atoms with Gasteiger partial charge in [-0.05, 0) is 46.5 Å². The molecule has 24 heavy (non-hydrogen) atoms. The fourth-order valence-corrected chi connectivity index (χ4v) is 2.28. The quantitative estimate of drug-likeness (QED) is 0.705. The predicted molar refractivity (Wildman–Crippen MR) is 99.0 cm³/mol. The van der Waals surface area contributed by atoms with Gasteiger partial charge in [-0.2, -0.15) is 0 Å². The van der Waals surface area contributed by atoms with Crippen LogP contribution in [0.4, 0.5) is 0 Å². The Morgan fingerprint density at radius 3 is 1.79 bits per heavy atom. The topological polar surface area (TPSA) is 96.2 Å². The molecule has 6 nitrogen and oxygen atoms in total. The van der Waals surface area contributed by atoms with E-state index in [-0.39, 0.29) is 13.8 Å². The van der Waals surface area contributed by atoms with E-state index in [2.05, 4.69) is 13.8 Å². The number of aliphatic hydroxyl groups is 3. The third-order valence-electron chi connectivity index (χ3n) is 3.45. The highest BCUT2D eigenvalue weighted by molar-refractivity contribution is 5.82. The first-order chi connectivity index (χ1) is 11.4. The summed E-state index contributed by atoms with van der Waals surface area (Å²) in [6.07, 6.45) is 5.55. The molecule has 1 heterocycles. The number of hydrogen-bond acceptors (Lipinski definition) is 6. The molecule has 1 saturated carbocycles. The van der Waals surface area contributed by atoms with Gasteiger partial charge in [-0.3, -0.25) is 4.79 Å². The summed E-state index contributed by atoms with van der Waals surface area (Å²) < 4.78 is 10.8. The lowest BCUT2D eigenvalue weighted by molar-refractivity contribution is -0.138. The first-order valence-corrected chi connectivity index (χ1v) is 8.74. The molecule has 6 heteroatoms. The Labute approximate surface area is 149 Å². The summed E-state index contributed by atoms with van der Waals surface area (Å²) in [5.41, 5.74) is 0. The van der Waals surface area contributed by atoms with Gasteiger partial charge in [0.1, 0.15) is 5.78 Å². The molecule has 1 unspecified atom stereocenters. The molecule has 0 bridgehead atoms. The minimum absolute atomic E-state index is 0. The Morgan fingerprint density at radius 1 is 1.12 bits per heavy atom. The van der Waals surface area contributed by atoms with E-state index in [0.29, 0.717) is 17.8 Å². The third kappa shape index (κ3) is 15.0. The van der Waals surface area contributed by atoms with Crippen molar-refractivity contribution in [2.24, 2.45) is 5.92 Å². The van der Waals surface area contributed by atoms with Crippen molar-refractivity contribution in [3.8, 4) is 0 Å². The molecule has 0 spiro atoms. The van der Waals surface area contributed by atoms with Gasteiger partial charge in [0.2, 0.25) is 0 Å². The lowest BCUT2D eigenvalue weighted by Gasteiger charge is -2.16. The molecule has 150 valence electrons. The zero-order valence-corrected chi connectivity index (χ0v) is 16.7. The van der Waals surface area contributed by atoms with Gasteiger partial charge in [0.05, 0.1) is 12.7 Å². The van der Waals surface area contributed by atoms with Crippen LogP contribution < -0.4 is 0 Å². The van der Waals surface area contributed by atoms with Crippen molar-refractivity contribution in [3.63, 3.8) is 0 Å². The molecule has 1 aliphatic heterocycles. The van der Waals surface area contributed by atoms with Crippen molar-refractivity contribution in [2.75, 3.05) is 27.4 Å². The van der Waals surface area contributed by atoms with Gasteiger partial charge in [0.25, 0.3) is 0 Å². The third-order valence-corrected chi connectivity index (χ3v) is 3.45. The van der Waals surface area contributed by atoms with Crippen molar-refractivity contribution in [3.05, 3.63) is 0 Å². The van der Waals surface area contributed by atoms with E-state index in [1.165, 1.54) is 0 Å². The maximum Gasteiger partial charge on any atom is 0.163 e. The Kier molecular flexibility index (Phi) is 22.2. The van der Waals surface area contributed by atoms with Crippen LogP contribution >= 0.6 is 0 Å². The summed E-state index contributed by atoms with van der Waals surface area (Å²) in [4.78, 5) is 10.8. The van der Waals surface area contributed by atoms with Crippen molar-refractivity contribution in [1.82, 2.24) is 0 Å². The molecule has 0 aromatic heterocycles. The SMILES string of the molecule is CCC1COC(C)(C)O1.CCO.CC[C@H]1CCCC1=O.CO.CO.[HH]. The second-order valence-electron chi connectivity index (χ2n) is 5.64. The Balaban J connectivity index is -0.000000127. The maximum absolute atomic E-state index is 10.8.